The zero-order valence-electron chi connectivity index (χ0n) is 16.1. The first-order chi connectivity index (χ1) is 13.9. The fourth-order valence-corrected chi connectivity index (χ4v) is 5.18. The van der Waals surface area contributed by atoms with Gasteiger partial charge in [-0.2, -0.15) is 0 Å². The van der Waals surface area contributed by atoms with Gasteiger partial charge < -0.3 is 15.8 Å². The minimum absolute atomic E-state index is 0.142. The standard InChI is InChI=1S/C20H21ClN4O2S2/c1-3-20(2)8-13-14(9-27-20)29-18-16(13)17(22)24-19(25-18)28-10-15(26)23-12-6-4-11(21)5-7-12/h4-7H,3,8-10H2,1-2H3,(H,23,26)(H2,22,24,25)/t20-/m1/s1. The van der Waals surface area contributed by atoms with Crippen molar-refractivity contribution >= 4 is 62.3 Å². The Balaban J connectivity index is 1.49. The Kier molecular flexibility index (Phi) is 5.70. The van der Waals surface area contributed by atoms with Crippen LogP contribution >= 0.6 is 34.7 Å². The number of nitrogen functional groups attached to an aromatic ring is 1. The number of ether oxygens (including phenoxy) is 1. The summed E-state index contributed by atoms with van der Waals surface area (Å²) in [5.41, 5.74) is 8.01. The highest BCUT2D eigenvalue weighted by Gasteiger charge is 2.33. The summed E-state index contributed by atoms with van der Waals surface area (Å²) in [6, 6.07) is 6.98. The molecule has 1 atom stereocenters. The molecule has 4 rings (SSSR count). The van der Waals surface area contributed by atoms with Gasteiger partial charge in [0.15, 0.2) is 5.16 Å². The summed E-state index contributed by atoms with van der Waals surface area (Å²) in [6.07, 6.45) is 1.74. The average molecular weight is 449 g/mol. The second kappa shape index (κ2) is 8.10. The molecule has 9 heteroatoms. The molecule has 0 aliphatic carbocycles. The first-order valence-electron chi connectivity index (χ1n) is 9.27. The molecule has 0 fully saturated rings. The maximum absolute atomic E-state index is 12.2. The fraction of sp³-hybridized carbons (Fsp3) is 0.350. The minimum atomic E-state index is -0.180. The van der Waals surface area contributed by atoms with E-state index in [4.69, 9.17) is 22.1 Å². The van der Waals surface area contributed by atoms with Gasteiger partial charge >= 0.3 is 0 Å². The van der Waals surface area contributed by atoms with Crippen LogP contribution in [0.15, 0.2) is 29.4 Å². The summed E-state index contributed by atoms with van der Waals surface area (Å²) in [7, 11) is 0. The smallest absolute Gasteiger partial charge is 0.234 e. The van der Waals surface area contributed by atoms with Crippen molar-refractivity contribution in [1.82, 2.24) is 9.97 Å². The van der Waals surface area contributed by atoms with E-state index in [-0.39, 0.29) is 17.3 Å². The highest BCUT2D eigenvalue weighted by molar-refractivity contribution is 7.99. The molecule has 1 amide bonds. The zero-order valence-corrected chi connectivity index (χ0v) is 18.5. The molecule has 0 saturated heterocycles. The number of thioether (sulfide) groups is 1. The first-order valence-corrected chi connectivity index (χ1v) is 11.4. The lowest BCUT2D eigenvalue weighted by atomic mass is 9.90. The number of thiophene rings is 1. The van der Waals surface area contributed by atoms with E-state index in [1.807, 2.05) is 0 Å². The van der Waals surface area contributed by atoms with Crippen molar-refractivity contribution in [2.75, 3.05) is 16.8 Å². The third-order valence-electron chi connectivity index (χ3n) is 5.05. The lowest BCUT2D eigenvalue weighted by Gasteiger charge is -2.33. The highest BCUT2D eigenvalue weighted by atomic mass is 35.5. The van der Waals surface area contributed by atoms with Crippen LogP contribution in [0.3, 0.4) is 0 Å². The quantitative estimate of drug-likeness (QED) is 0.426. The highest BCUT2D eigenvalue weighted by Crippen LogP contribution is 2.41. The molecule has 0 unspecified atom stereocenters. The second-order valence-electron chi connectivity index (χ2n) is 7.19. The van der Waals surface area contributed by atoms with Gasteiger partial charge in [0.25, 0.3) is 0 Å². The molecule has 0 spiro atoms. The van der Waals surface area contributed by atoms with Crippen LogP contribution in [0.2, 0.25) is 5.02 Å². The lowest BCUT2D eigenvalue weighted by molar-refractivity contribution is -0.113. The Labute approximate surface area is 182 Å². The van der Waals surface area contributed by atoms with Crippen molar-refractivity contribution in [2.24, 2.45) is 0 Å². The third kappa shape index (κ3) is 4.35. The van der Waals surface area contributed by atoms with Crippen LogP contribution in [-0.2, 0) is 22.6 Å². The van der Waals surface area contributed by atoms with Gasteiger partial charge in [0.2, 0.25) is 5.91 Å². The number of halogens is 1. The van der Waals surface area contributed by atoms with Gasteiger partial charge in [0, 0.05) is 22.0 Å². The van der Waals surface area contributed by atoms with E-state index in [1.54, 1.807) is 35.6 Å². The molecule has 1 aliphatic rings. The van der Waals surface area contributed by atoms with Crippen molar-refractivity contribution in [3.8, 4) is 0 Å². The normalized spacial score (nSPS) is 18.6. The van der Waals surface area contributed by atoms with Crippen LogP contribution in [-0.4, -0.2) is 27.2 Å². The molecule has 0 saturated carbocycles. The number of carbonyl (C=O) groups excluding carboxylic acids is 1. The van der Waals surface area contributed by atoms with E-state index in [1.165, 1.54) is 17.3 Å². The average Bonchev–Trinajstić information content (AvgIpc) is 3.06. The minimum Gasteiger partial charge on any atom is -0.383 e. The molecule has 6 nitrogen and oxygen atoms in total. The van der Waals surface area contributed by atoms with Gasteiger partial charge in [0.05, 0.1) is 23.3 Å². The summed E-state index contributed by atoms with van der Waals surface area (Å²) < 4.78 is 6.04. The summed E-state index contributed by atoms with van der Waals surface area (Å²) in [4.78, 5) is 23.3. The molecule has 29 heavy (non-hydrogen) atoms. The number of nitrogens with one attached hydrogen (secondary N) is 1. The third-order valence-corrected chi connectivity index (χ3v) is 7.25. The van der Waals surface area contributed by atoms with Crippen molar-refractivity contribution in [1.29, 1.82) is 0 Å². The van der Waals surface area contributed by atoms with E-state index in [0.29, 0.717) is 28.3 Å². The molecule has 2 aromatic heterocycles. The number of benzene rings is 1. The number of rotatable bonds is 5. The Morgan fingerprint density at radius 3 is 2.86 bits per heavy atom. The number of aromatic nitrogens is 2. The van der Waals surface area contributed by atoms with E-state index in [0.717, 1.165) is 27.9 Å². The van der Waals surface area contributed by atoms with Crippen LogP contribution in [0.5, 0.6) is 0 Å². The predicted octanol–water partition coefficient (Wildman–Crippen LogP) is 4.90. The van der Waals surface area contributed by atoms with Gasteiger partial charge in [-0.05, 0) is 43.2 Å². The van der Waals surface area contributed by atoms with Gasteiger partial charge in [-0.1, -0.05) is 30.3 Å². The van der Waals surface area contributed by atoms with E-state index in [9.17, 15) is 4.79 Å². The maximum Gasteiger partial charge on any atom is 0.234 e. The number of hydrogen-bond acceptors (Lipinski definition) is 7. The molecule has 3 heterocycles. The molecule has 3 N–H and O–H groups in total. The van der Waals surface area contributed by atoms with E-state index >= 15 is 0 Å². The van der Waals surface area contributed by atoms with Crippen LogP contribution in [0.25, 0.3) is 10.2 Å². The van der Waals surface area contributed by atoms with Gasteiger partial charge in [0.1, 0.15) is 10.6 Å². The zero-order chi connectivity index (χ0) is 20.6. The molecule has 0 radical (unpaired) electrons. The van der Waals surface area contributed by atoms with Crippen molar-refractivity contribution < 1.29 is 9.53 Å². The van der Waals surface area contributed by atoms with Gasteiger partial charge in [-0.3, -0.25) is 4.79 Å². The van der Waals surface area contributed by atoms with Crippen LogP contribution in [0.4, 0.5) is 11.5 Å². The Morgan fingerprint density at radius 1 is 1.38 bits per heavy atom. The van der Waals surface area contributed by atoms with Crippen LogP contribution < -0.4 is 11.1 Å². The molecular formula is C20H21ClN4O2S2. The summed E-state index contributed by atoms with van der Waals surface area (Å²) in [5, 5.41) is 4.88. The number of nitrogens with two attached hydrogens (primary N) is 1. The van der Waals surface area contributed by atoms with Gasteiger partial charge in [-0.25, -0.2) is 9.97 Å². The SMILES string of the molecule is CC[C@]1(C)Cc2c(sc3nc(SCC(=O)Nc4ccc(Cl)cc4)nc(N)c23)CO1. The molecule has 3 aromatic rings. The number of fused-ring (bicyclic) bond motifs is 3. The monoisotopic (exact) mass is 448 g/mol. The number of amides is 1. The van der Waals surface area contributed by atoms with Crippen LogP contribution in [0.1, 0.15) is 30.7 Å². The topological polar surface area (TPSA) is 90.1 Å². The first kappa shape index (κ1) is 20.4. The van der Waals surface area contributed by atoms with Crippen molar-refractivity contribution in [2.45, 2.75) is 44.1 Å². The Hall–Kier alpha value is -1.87. The summed E-state index contributed by atoms with van der Waals surface area (Å²) in [5.74, 6) is 0.515. The number of nitrogens with zero attached hydrogens (tertiary/aromatic N) is 2. The molecular weight excluding hydrogens is 428 g/mol. The van der Waals surface area contributed by atoms with Crippen molar-refractivity contribution in [3.05, 3.63) is 39.7 Å². The van der Waals surface area contributed by atoms with Crippen molar-refractivity contribution in [3.63, 3.8) is 0 Å². The number of hydrogen-bond donors (Lipinski definition) is 2. The largest absolute Gasteiger partial charge is 0.383 e. The molecule has 1 aromatic carbocycles. The molecule has 0 bridgehead atoms. The number of carbonyl (C=O) groups is 1. The maximum atomic E-state index is 12.2. The van der Waals surface area contributed by atoms with E-state index < -0.39 is 0 Å². The predicted molar refractivity (Wildman–Crippen MR) is 120 cm³/mol. The molecule has 152 valence electrons. The number of anilines is 2. The summed E-state index contributed by atoms with van der Waals surface area (Å²) in [6.45, 7) is 4.83. The molecule has 1 aliphatic heterocycles. The second-order valence-corrected chi connectivity index (χ2v) is 9.65. The Bertz CT molecular complexity index is 1070. The fourth-order valence-electron chi connectivity index (χ4n) is 3.23. The summed E-state index contributed by atoms with van der Waals surface area (Å²) >= 11 is 8.72. The van der Waals surface area contributed by atoms with E-state index in [2.05, 4.69) is 29.1 Å². The van der Waals surface area contributed by atoms with Gasteiger partial charge in [-0.15, -0.1) is 11.3 Å². The Morgan fingerprint density at radius 2 is 2.14 bits per heavy atom. The van der Waals surface area contributed by atoms with Crippen LogP contribution in [0, 0.1) is 0 Å². The lowest BCUT2D eigenvalue weighted by Crippen LogP contribution is -2.33.